The van der Waals surface area contributed by atoms with Crippen molar-refractivity contribution < 1.29 is 10.2 Å². The molecule has 23 heavy (non-hydrogen) atoms. The number of hydrogen-bond donors (Lipinski definition) is 2. The molecule has 0 unspecified atom stereocenters. The highest BCUT2D eigenvalue weighted by atomic mass is 16.3. The van der Waals surface area contributed by atoms with E-state index in [1.807, 2.05) is 6.07 Å². The molecule has 3 heteroatoms. The van der Waals surface area contributed by atoms with Gasteiger partial charge in [0.1, 0.15) is 0 Å². The van der Waals surface area contributed by atoms with Gasteiger partial charge in [-0.3, -0.25) is 0 Å². The van der Waals surface area contributed by atoms with Crippen molar-refractivity contribution in [3.8, 4) is 0 Å². The minimum absolute atomic E-state index is 0.0420. The maximum atomic E-state index is 9.74. The molecule has 3 nitrogen and oxygen atoms in total. The predicted octanol–water partition coefficient (Wildman–Crippen LogP) is 3.85. The first kappa shape index (κ1) is 16.0. The normalized spacial score (nSPS) is 11.7. The first-order valence-corrected chi connectivity index (χ1v) is 8.38. The standard InChI is InChI=1S/C20H25NO2/c1-4-21-18-8-7-15(12-23)16(6-5-9-22)20(18)17-10-13(2)14(3)11-19(17)21/h7-8,10-11,22-23H,4-6,9,12H2,1-3H3. The Hall–Kier alpha value is -1.84. The minimum Gasteiger partial charge on any atom is -0.396 e. The largest absolute Gasteiger partial charge is 0.396 e. The van der Waals surface area contributed by atoms with Crippen LogP contribution in [-0.4, -0.2) is 21.4 Å². The molecule has 3 rings (SSSR count). The van der Waals surface area contributed by atoms with E-state index in [4.69, 9.17) is 0 Å². The van der Waals surface area contributed by atoms with Crippen molar-refractivity contribution in [2.45, 2.75) is 46.8 Å². The zero-order valence-electron chi connectivity index (χ0n) is 14.2. The van der Waals surface area contributed by atoms with Gasteiger partial charge in [-0.2, -0.15) is 0 Å². The van der Waals surface area contributed by atoms with Crippen LogP contribution in [0.5, 0.6) is 0 Å². The summed E-state index contributed by atoms with van der Waals surface area (Å²) in [6, 6.07) is 8.68. The highest BCUT2D eigenvalue weighted by Crippen LogP contribution is 2.35. The third-order valence-electron chi connectivity index (χ3n) is 4.92. The summed E-state index contributed by atoms with van der Waals surface area (Å²) in [4.78, 5) is 0. The topological polar surface area (TPSA) is 45.4 Å². The zero-order valence-corrected chi connectivity index (χ0v) is 14.2. The number of fused-ring (bicyclic) bond motifs is 3. The van der Waals surface area contributed by atoms with Gasteiger partial charge in [0.25, 0.3) is 0 Å². The summed E-state index contributed by atoms with van der Waals surface area (Å²) < 4.78 is 2.35. The number of rotatable bonds is 5. The first-order chi connectivity index (χ1) is 11.1. The van der Waals surface area contributed by atoms with E-state index >= 15 is 0 Å². The van der Waals surface area contributed by atoms with Crippen LogP contribution in [0.15, 0.2) is 24.3 Å². The van der Waals surface area contributed by atoms with Crippen LogP contribution in [0.25, 0.3) is 21.8 Å². The van der Waals surface area contributed by atoms with Crippen LogP contribution in [0.1, 0.15) is 35.6 Å². The molecule has 0 saturated heterocycles. The highest BCUT2D eigenvalue weighted by molar-refractivity contribution is 6.10. The van der Waals surface area contributed by atoms with Gasteiger partial charge in [0, 0.05) is 35.0 Å². The molecule has 0 aliphatic carbocycles. The number of aliphatic hydroxyl groups excluding tert-OH is 2. The van der Waals surface area contributed by atoms with Gasteiger partial charge >= 0.3 is 0 Å². The average Bonchev–Trinajstić information content (AvgIpc) is 2.85. The number of aliphatic hydroxyl groups is 2. The molecule has 0 saturated carbocycles. The molecule has 2 N–H and O–H groups in total. The van der Waals surface area contributed by atoms with Crippen molar-refractivity contribution in [3.63, 3.8) is 0 Å². The summed E-state index contributed by atoms with van der Waals surface area (Å²) in [5.41, 5.74) is 7.21. The molecule has 1 aromatic heterocycles. The molecule has 1 heterocycles. The summed E-state index contributed by atoms with van der Waals surface area (Å²) in [6.07, 6.45) is 1.51. The maximum Gasteiger partial charge on any atom is 0.0684 e. The van der Waals surface area contributed by atoms with Gasteiger partial charge in [0.15, 0.2) is 0 Å². The molecule has 0 radical (unpaired) electrons. The summed E-state index contributed by atoms with van der Waals surface area (Å²) in [6.45, 7) is 7.60. The Labute approximate surface area is 137 Å². The van der Waals surface area contributed by atoms with Gasteiger partial charge in [0.05, 0.1) is 6.61 Å². The van der Waals surface area contributed by atoms with E-state index in [0.29, 0.717) is 0 Å². The van der Waals surface area contributed by atoms with E-state index in [9.17, 15) is 10.2 Å². The SMILES string of the molecule is CCn1c2cc(C)c(C)cc2c2c(CCCO)c(CO)ccc21. The summed E-state index contributed by atoms with van der Waals surface area (Å²) >= 11 is 0. The molecule has 3 aromatic rings. The van der Waals surface area contributed by atoms with E-state index in [-0.39, 0.29) is 13.2 Å². The average molecular weight is 311 g/mol. The lowest BCUT2D eigenvalue weighted by Crippen LogP contribution is -1.99. The van der Waals surface area contributed by atoms with Crippen LogP contribution in [0.3, 0.4) is 0 Å². The molecule has 0 aliphatic heterocycles. The Kier molecular flexibility index (Phi) is 4.42. The van der Waals surface area contributed by atoms with E-state index in [0.717, 1.165) is 24.9 Å². The second kappa shape index (κ2) is 6.34. The number of nitrogens with zero attached hydrogens (tertiary/aromatic N) is 1. The van der Waals surface area contributed by atoms with Crippen molar-refractivity contribution in [3.05, 3.63) is 46.5 Å². The van der Waals surface area contributed by atoms with E-state index < -0.39 is 0 Å². The molecule has 2 aromatic carbocycles. The zero-order chi connectivity index (χ0) is 16.6. The predicted molar refractivity (Wildman–Crippen MR) is 95.9 cm³/mol. The second-order valence-corrected chi connectivity index (χ2v) is 6.28. The number of aryl methyl sites for hydroxylation is 4. The van der Waals surface area contributed by atoms with Crippen LogP contribution in [0.2, 0.25) is 0 Å². The van der Waals surface area contributed by atoms with Crippen LogP contribution in [0.4, 0.5) is 0 Å². The van der Waals surface area contributed by atoms with Gasteiger partial charge in [-0.05, 0) is 74.1 Å². The van der Waals surface area contributed by atoms with Gasteiger partial charge in [-0.15, -0.1) is 0 Å². The summed E-state index contributed by atoms with van der Waals surface area (Å²) in [5, 5.41) is 21.5. The third-order valence-corrected chi connectivity index (χ3v) is 4.92. The molecular weight excluding hydrogens is 286 g/mol. The summed E-state index contributed by atoms with van der Waals surface area (Å²) in [5.74, 6) is 0. The van der Waals surface area contributed by atoms with Crippen molar-refractivity contribution in [1.29, 1.82) is 0 Å². The van der Waals surface area contributed by atoms with Crippen molar-refractivity contribution in [1.82, 2.24) is 4.57 Å². The van der Waals surface area contributed by atoms with E-state index in [1.165, 1.54) is 38.5 Å². The van der Waals surface area contributed by atoms with Crippen LogP contribution >= 0.6 is 0 Å². The van der Waals surface area contributed by atoms with Gasteiger partial charge < -0.3 is 14.8 Å². The first-order valence-electron chi connectivity index (χ1n) is 8.38. The molecule has 122 valence electrons. The van der Waals surface area contributed by atoms with Crippen LogP contribution in [-0.2, 0) is 19.6 Å². The molecule has 0 amide bonds. The van der Waals surface area contributed by atoms with Crippen molar-refractivity contribution >= 4 is 21.8 Å². The molecule has 0 bridgehead atoms. The highest BCUT2D eigenvalue weighted by Gasteiger charge is 2.16. The Morgan fingerprint density at radius 1 is 1.00 bits per heavy atom. The van der Waals surface area contributed by atoms with Gasteiger partial charge in [0.2, 0.25) is 0 Å². The lowest BCUT2D eigenvalue weighted by Gasteiger charge is -2.10. The van der Waals surface area contributed by atoms with Crippen LogP contribution < -0.4 is 0 Å². The Balaban J connectivity index is 2.45. The van der Waals surface area contributed by atoms with E-state index in [1.54, 1.807) is 0 Å². The second-order valence-electron chi connectivity index (χ2n) is 6.28. The fourth-order valence-electron chi connectivity index (χ4n) is 3.59. The van der Waals surface area contributed by atoms with E-state index in [2.05, 4.69) is 43.5 Å². The number of hydrogen-bond acceptors (Lipinski definition) is 2. The Morgan fingerprint density at radius 3 is 2.39 bits per heavy atom. The minimum atomic E-state index is 0.0420. The van der Waals surface area contributed by atoms with Crippen LogP contribution in [0, 0.1) is 13.8 Å². The lowest BCUT2D eigenvalue weighted by atomic mass is 9.96. The third kappa shape index (κ3) is 2.54. The molecule has 0 aliphatic rings. The smallest absolute Gasteiger partial charge is 0.0684 e. The lowest BCUT2D eigenvalue weighted by molar-refractivity contribution is 0.277. The van der Waals surface area contributed by atoms with Crippen molar-refractivity contribution in [2.24, 2.45) is 0 Å². The molecule has 0 atom stereocenters. The fourth-order valence-corrected chi connectivity index (χ4v) is 3.59. The van der Waals surface area contributed by atoms with Gasteiger partial charge in [-0.25, -0.2) is 0 Å². The maximum absolute atomic E-state index is 9.74. The fraction of sp³-hybridized carbons (Fsp3) is 0.400. The van der Waals surface area contributed by atoms with Gasteiger partial charge in [-0.1, -0.05) is 6.07 Å². The number of aromatic nitrogens is 1. The Morgan fingerprint density at radius 2 is 1.74 bits per heavy atom. The Bertz CT molecular complexity index is 861. The molecule has 0 spiro atoms. The number of benzene rings is 2. The molecule has 0 fully saturated rings. The molecular formula is C20H25NO2. The summed E-state index contributed by atoms with van der Waals surface area (Å²) in [7, 11) is 0. The van der Waals surface area contributed by atoms with Crippen molar-refractivity contribution in [2.75, 3.05) is 6.61 Å². The quantitative estimate of drug-likeness (QED) is 0.752. The monoisotopic (exact) mass is 311 g/mol.